The maximum absolute atomic E-state index is 11.5. The van der Waals surface area contributed by atoms with Gasteiger partial charge in [-0.2, -0.15) is 5.10 Å². The number of aromatic amines is 1. The van der Waals surface area contributed by atoms with Gasteiger partial charge in [-0.3, -0.25) is 9.89 Å². The lowest BCUT2D eigenvalue weighted by atomic mass is 9.98. The van der Waals surface area contributed by atoms with Gasteiger partial charge in [-0.15, -0.1) is 11.6 Å². The number of carbonyl (C=O) groups excluding carboxylic acids is 1. The van der Waals surface area contributed by atoms with Crippen molar-refractivity contribution in [2.75, 3.05) is 19.0 Å². The number of alkyl halides is 1. The number of benzene rings is 1. The molecule has 2 heterocycles. The molecule has 0 saturated heterocycles. The molecular formula is C15H15ClN4O. The van der Waals surface area contributed by atoms with Crippen LogP contribution in [0.3, 0.4) is 0 Å². The Morgan fingerprint density at radius 1 is 1.29 bits per heavy atom. The highest BCUT2D eigenvalue weighted by atomic mass is 35.5. The molecule has 1 aliphatic rings. The zero-order valence-corrected chi connectivity index (χ0v) is 12.2. The van der Waals surface area contributed by atoms with Gasteiger partial charge in [0.1, 0.15) is 12.2 Å². The van der Waals surface area contributed by atoms with E-state index >= 15 is 0 Å². The molecule has 1 amide bonds. The normalized spacial score (nSPS) is 14.9. The quantitative estimate of drug-likeness (QED) is 0.885. The van der Waals surface area contributed by atoms with Gasteiger partial charge in [0, 0.05) is 18.7 Å². The number of rotatable bonds is 3. The smallest absolute Gasteiger partial charge is 0.237 e. The van der Waals surface area contributed by atoms with Crippen molar-refractivity contribution in [1.29, 1.82) is 0 Å². The first-order valence-corrected chi connectivity index (χ1v) is 7.30. The van der Waals surface area contributed by atoms with Gasteiger partial charge in [-0.25, -0.2) is 4.98 Å². The fraction of sp³-hybridized carbons (Fsp3) is 0.267. The van der Waals surface area contributed by atoms with Gasteiger partial charge in [0.2, 0.25) is 5.91 Å². The van der Waals surface area contributed by atoms with Crippen LogP contribution in [0.1, 0.15) is 12.0 Å². The first-order chi connectivity index (χ1) is 10.3. The van der Waals surface area contributed by atoms with Crippen LogP contribution in [-0.4, -0.2) is 45.0 Å². The van der Waals surface area contributed by atoms with Crippen molar-refractivity contribution < 1.29 is 4.79 Å². The molecule has 1 aromatic carbocycles. The molecule has 108 valence electrons. The molecule has 5 nitrogen and oxygen atoms in total. The standard InChI is InChI=1S/C15H15ClN4O/c16-9-14(21)20-7-5-12(6-8-20)11-1-3-13(4-2-11)15-17-10-18-19-15/h1-5,10H,6-9H2,(H,17,18,19). The van der Waals surface area contributed by atoms with Gasteiger partial charge in [-0.05, 0) is 17.6 Å². The predicted molar refractivity (Wildman–Crippen MR) is 81.7 cm³/mol. The highest BCUT2D eigenvalue weighted by Crippen LogP contribution is 2.24. The van der Waals surface area contributed by atoms with E-state index in [9.17, 15) is 4.79 Å². The summed E-state index contributed by atoms with van der Waals surface area (Å²) in [6.07, 6.45) is 4.44. The fourth-order valence-electron chi connectivity index (χ4n) is 2.43. The van der Waals surface area contributed by atoms with Crippen molar-refractivity contribution in [2.24, 2.45) is 0 Å². The van der Waals surface area contributed by atoms with Crippen molar-refractivity contribution >= 4 is 23.1 Å². The summed E-state index contributed by atoms with van der Waals surface area (Å²) >= 11 is 5.58. The Kier molecular flexibility index (Phi) is 4.01. The summed E-state index contributed by atoms with van der Waals surface area (Å²) < 4.78 is 0. The van der Waals surface area contributed by atoms with Crippen LogP contribution in [0.15, 0.2) is 36.7 Å². The molecule has 3 rings (SSSR count). The third-order valence-corrected chi connectivity index (χ3v) is 3.85. The van der Waals surface area contributed by atoms with Gasteiger partial charge >= 0.3 is 0 Å². The van der Waals surface area contributed by atoms with Crippen molar-refractivity contribution in [3.8, 4) is 11.4 Å². The number of aromatic nitrogens is 3. The highest BCUT2D eigenvalue weighted by Gasteiger charge is 2.16. The zero-order chi connectivity index (χ0) is 14.7. The molecule has 21 heavy (non-hydrogen) atoms. The lowest BCUT2D eigenvalue weighted by molar-refractivity contribution is -0.128. The van der Waals surface area contributed by atoms with Crippen LogP contribution in [-0.2, 0) is 4.79 Å². The van der Waals surface area contributed by atoms with Gasteiger partial charge in [-0.1, -0.05) is 30.3 Å². The van der Waals surface area contributed by atoms with E-state index in [0.717, 1.165) is 24.4 Å². The van der Waals surface area contributed by atoms with E-state index in [1.807, 2.05) is 12.1 Å². The molecule has 6 heteroatoms. The molecule has 0 atom stereocenters. The Labute approximate surface area is 127 Å². The van der Waals surface area contributed by atoms with Crippen LogP contribution < -0.4 is 0 Å². The number of nitrogens with zero attached hydrogens (tertiary/aromatic N) is 3. The number of hydrogen-bond donors (Lipinski definition) is 1. The first-order valence-electron chi connectivity index (χ1n) is 6.77. The average molecular weight is 303 g/mol. The van der Waals surface area contributed by atoms with Crippen molar-refractivity contribution in [3.05, 3.63) is 42.2 Å². The molecule has 0 radical (unpaired) electrons. The number of halogens is 1. The second-order valence-electron chi connectivity index (χ2n) is 4.86. The largest absolute Gasteiger partial charge is 0.338 e. The van der Waals surface area contributed by atoms with E-state index in [4.69, 9.17) is 11.6 Å². The van der Waals surface area contributed by atoms with Crippen LogP contribution in [0.4, 0.5) is 0 Å². The number of amides is 1. The number of carbonyl (C=O) groups is 1. The monoisotopic (exact) mass is 302 g/mol. The number of hydrogen-bond acceptors (Lipinski definition) is 3. The summed E-state index contributed by atoms with van der Waals surface area (Å²) in [5.41, 5.74) is 3.44. The molecule has 0 bridgehead atoms. The zero-order valence-electron chi connectivity index (χ0n) is 11.4. The maximum Gasteiger partial charge on any atom is 0.237 e. The minimum atomic E-state index is -0.00682. The maximum atomic E-state index is 11.5. The topological polar surface area (TPSA) is 61.9 Å². The molecule has 2 aromatic rings. The number of nitrogens with one attached hydrogen (secondary N) is 1. The van der Waals surface area contributed by atoms with E-state index < -0.39 is 0 Å². The third kappa shape index (κ3) is 2.97. The van der Waals surface area contributed by atoms with Crippen molar-refractivity contribution in [1.82, 2.24) is 20.1 Å². The average Bonchev–Trinajstić information content (AvgIpc) is 3.09. The van der Waals surface area contributed by atoms with Crippen LogP contribution in [0, 0.1) is 0 Å². The third-order valence-electron chi connectivity index (χ3n) is 3.62. The van der Waals surface area contributed by atoms with Gasteiger partial charge in [0.15, 0.2) is 5.82 Å². The molecule has 0 aliphatic carbocycles. The molecule has 0 spiro atoms. The Morgan fingerprint density at radius 2 is 2.05 bits per heavy atom. The lowest BCUT2D eigenvalue weighted by Crippen LogP contribution is -2.35. The Bertz CT molecular complexity index is 649. The van der Waals surface area contributed by atoms with Crippen molar-refractivity contribution in [3.63, 3.8) is 0 Å². The molecule has 0 unspecified atom stereocenters. The summed E-state index contributed by atoms with van der Waals surface area (Å²) in [7, 11) is 0. The predicted octanol–water partition coefficient (Wildman–Crippen LogP) is 2.33. The van der Waals surface area contributed by atoms with Crippen molar-refractivity contribution in [2.45, 2.75) is 6.42 Å². The van der Waals surface area contributed by atoms with E-state index in [-0.39, 0.29) is 11.8 Å². The molecule has 1 aliphatic heterocycles. The minimum Gasteiger partial charge on any atom is -0.338 e. The second-order valence-corrected chi connectivity index (χ2v) is 5.13. The second kappa shape index (κ2) is 6.10. The molecular weight excluding hydrogens is 288 g/mol. The van der Waals surface area contributed by atoms with Gasteiger partial charge < -0.3 is 4.90 Å². The SMILES string of the molecule is O=C(CCl)N1CC=C(c2ccc(-c3ncn[nH]3)cc2)CC1. The van der Waals surface area contributed by atoms with E-state index in [0.29, 0.717) is 6.54 Å². The lowest BCUT2D eigenvalue weighted by Gasteiger charge is -2.26. The van der Waals surface area contributed by atoms with E-state index in [2.05, 4.69) is 33.4 Å². The van der Waals surface area contributed by atoms with E-state index in [1.54, 1.807) is 4.90 Å². The van der Waals surface area contributed by atoms with Crippen LogP contribution in [0.5, 0.6) is 0 Å². The Hall–Kier alpha value is -2.14. The van der Waals surface area contributed by atoms with Gasteiger partial charge in [0.05, 0.1) is 0 Å². The fourth-order valence-corrected chi connectivity index (χ4v) is 2.60. The number of H-pyrrole nitrogens is 1. The summed E-state index contributed by atoms with van der Waals surface area (Å²) in [4.78, 5) is 17.4. The summed E-state index contributed by atoms with van der Waals surface area (Å²) in [5.74, 6) is 0.806. The first kappa shape index (κ1) is 13.8. The Balaban J connectivity index is 1.73. The van der Waals surface area contributed by atoms with Crippen LogP contribution in [0.2, 0.25) is 0 Å². The molecule has 1 aromatic heterocycles. The highest BCUT2D eigenvalue weighted by molar-refractivity contribution is 6.27. The minimum absolute atomic E-state index is 0.00682. The van der Waals surface area contributed by atoms with Gasteiger partial charge in [0.25, 0.3) is 0 Å². The van der Waals surface area contributed by atoms with E-state index in [1.165, 1.54) is 17.5 Å². The summed E-state index contributed by atoms with van der Waals surface area (Å²) in [5, 5.41) is 6.69. The molecule has 1 N–H and O–H groups in total. The summed E-state index contributed by atoms with van der Waals surface area (Å²) in [6, 6.07) is 8.19. The molecule has 0 fully saturated rings. The van der Waals surface area contributed by atoms with Crippen LogP contribution in [0.25, 0.3) is 17.0 Å². The van der Waals surface area contributed by atoms with Crippen LogP contribution >= 0.6 is 11.6 Å². The summed E-state index contributed by atoms with van der Waals surface area (Å²) in [6.45, 7) is 1.35. The molecule has 0 saturated carbocycles. The Morgan fingerprint density at radius 3 is 2.62 bits per heavy atom.